The zero-order valence-electron chi connectivity index (χ0n) is 12.8. The summed E-state index contributed by atoms with van der Waals surface area (Å²) in [4.78, 5) is 36.9. The Kier molecular flexibility index (Phi) is 5.73. The number of halogens is 1. The molecule has 0 saturated carbocycles. The molecule has 2 aliphatic rings. The van der Waals surface area contributed by atoms with Crippen molar-refractivity contribution in [3.05, 3.63) is 46.6 Å². The highest BCUT2D eigenvalue weighted by atomic mass is 35.5. The van der Waals surface area contributed by atoms with Crippen LogP contribution in [0.1, 0.15) is 11.6 Å². The van der Waals surface area contributed by atoms with E-state index < -0.39 is 35.2 Å². The number of carboxylic acids is 1. The van der Waals surface area contributed by atoms with Gasteiger partial charge in [-0.05, 0) is 5.56 Å². The van der Waals surface area contributed by atoms with Gasteiger partial charge in [0, 0.05) is 5.75 Å². The Bertz CT molecular complexity index is 742. The summed E-state index contributed by atoms with van der Waals surface area (Å²) in [6, 6.07) is 7.07. The van der Waals surface area contributed by atoms with Crippen molar-refractivity contribution in [3.8, 4) is 0 Å². The van der Waals surface area contributed by atoms with Gasteiger partial charge in [0.15, 0.2) is 0 Å². The number of amides is 2. The summed E-state index contributed by atoms with van der Waals surface area (Å²) < 4.78 is 0. The van der Waals surface area contributed by atoms with Gasteiger partial charge in [0.25, 0.3) is 5.91 Å². The van der Waals surface area contributed by atoms with Crippen molar-refractivity contribution in [2.45, 2.75) is 17.5 Å². The summed E-state index contributed by atoms with van der Waals surface area (Å²) in [5.74, 6) is -1.98. The highest BCUT2D eigenvalue weighted by Gasteiger charge is 2.54. The Labute approximate surface area is 152 Å². The van der Waals surface area contributed by atoms with Crippen molar-refractivity contribution in [1.29, 1.82) is 0 Å². The van der Waals surface area contributed by atoms with Gasteiger partial charge in [-0.15, -0.1) is 11.8 Å². The summed E-state index contributed by atoms with van der Waals surface area (Å²) >= 11 is 7.20. The second kappa shape index (κ2) is 7.44. The van der Waals surface area contributed by atoms with Crippen molar-refractivity contribution in [3.63, 3.8) is 0 Å². The largest absolute Gasteiger partial charge is 0.477 e. The molecule has 0 aromatic heterocycles. The summed E-state index contributed by atoms with van der Waals surface area (Å²) in [5, 5.41) is 11.4. The number of nitrogens with one attached hydrogen (secondary N) is 1. The summed E-state index contributed by atoms with van der Waals surface area (Å²) in [7, 11) is 0. The molecule has 1 aromatic rings. The van der Waals surface area contributed by atoms with E-state index in [1.807, 2.05) is 6.07 Å². The van der Waals surface area contributed by atoms with Gasteiger partial charge in [0.05, 0.1) is 5.03 Å². The van der Waals surface area contributed by atoms with Gasteiger partial charge in [-0.25, -0.2) is 4.79 Å². The Balaban J connectivity index is 0.00000225. The van der Waals surface area contributed by atoms with Crippen LogP contribution in [-0.4, -0.2) is 50.4 Å². The number of nitrogens with two attached hydrogens (primary N) is 1. The standard InChI is InChI=1S/C15H14ClN3O4S.H2O/c16-8-6-24-14-10(13(21)19(14)11(8)15(22)23)18-12(20)9(17)7-4-2-1-3-5-7;/h1-5,9-10,14H,6,17H2,(H,18,20)(H,22,23);1H2/t9?,10?,14-;/m0./s1. The van der Waals surface area contributed by atoms with Crippen LogP contribution < -0.4 is 11.1 Å². The first-order chi connectivity index (χ1) is 11.4. The number of hydrogen-bond donors (Lipinski definition) is 3. The number of fused-ring (bicyclic) bond motifs is 1. The highest BCUT2D eigenvalue weighted by molar-refractivity contribution is 8.00. The zero-order valence-corrected chi connectivity index (χ0v) is 14.4. The number of thioether (sulfide) groups is 1. The fourth-order valence-corrected chi connectivity index (χ4v) is 4.19. The number of aliphatic carboxylic acids is 1. The topological polar surface area (TPSA) is 144 Å². The van der Waals surface area contributed by atoms with Crippen LogP contribution in [0, 0.1) is 0 Å². The van der Waals surface area contributed by atoms with Gasteiger partial charge in [-0.1, -0.05) is 41.9 Å². The van der Waals surface area contributed by atoms with E-state index in [0.29, 0.717) is 5.56 Å². The van der Waals surface area contributed by atoms with Crippen molar-refractivity contribution in [2.75, 3.05) is 5.75 Å². The second-order valence-electron chi connectivity index (χ2n) is 5.34. The number of carbonyl (C=O) groups excluding carboxylic acids is 2. The minimum atomic E-state index is -1.26. The lowest BCUT2D eigenvalue weighted by Gasteiger charge is -2.48. The van der Waals surface area contributed by atoms with Crippen molar-refractivity contribution >= 4 is 41.1 Å². The first-order valence-corrected chi connectivity index (χ1v) is 8.52. The van der Waals surface area contributed by atoms with Crippen LogP contribution in [-0.2, 0) is 14.4 Å². The average molecular weight is 386 g/mol. The molecule has 134 valence electrons. The van der Waals surface area contributed by atoms with E-state index >= 15 is 0 Å². The molecule has 1 fully saturated rings. The molecule has 0 radical (unpaired) electrons. The molecule has 0 aliphatic carbocycles. The summed E-state index contributed by atoms with van der Waals surface area (Å²) in [5.41, 5.74) is 6.32. The lowest BCUT2D eigenvalue weighted by Crippen LogP contribution is -2.70. The maximum atomic E-state index is 12.3. The van der Waals surface area contributed by atoms with Gasteiger partial charge >= 0.3 is 5.97 Å². The molecule has 25 heavy (non-hydrogen) atoms. The van der Waals surface area contributed by atoms with Gasteiger partial charge in [0.1, 0.15) is 23.2 Å². The molecular weight excluding hydrogens is 370 g/mol. The van der Waals surface area contributed by atoms with E-state index in [9.17, 15) is 19.5 Å². The minimum Gasteiger partial charge on any atom is -0.477 e. The molecule has 0 spiro atoms. The molecule has 2 amide bonds. The molecule has 2 heterocycles. The third-order valence-corrected chi connectivity index (χ3v) is 5.61. The SMILES string of the molecule is NC(C(=O)NC1C(=O)N2C(C(=O)O)=C(Cl)CS[C@@H]12)c1ccccc1.O. The van der Waals surface area contributed by atoms with E-state index in [2.05, 4.69) is 5.32 Å². The summed E-state index contributed by atoms with van der Waals surface area (Å²) in [6.07, 6.45) is 0. The maximum Gasteiger partial charge on any atom is 0.353 e. The summed E-state index contributed by atoms with van der Waals surface area (Å²) in [6.45, 7) is 0. The number of benzene rings is 1. The fourth-order valence-electron chi connectivity index (χ4n) is 2.64. The third kappa shape index (κ3) is 3.36. The average Bonchev–Trinajstić information content (AvgIpc) is 2.59. The lowest BCUT2D eigenvalue weighted by atomic mass is 10.0. The smallest absolute Gasteiger partial charge is 0.353 e. The van der Waals surface area contributed by atoms with Crippen LogP contribution >= 0.6 is 23.4 Å². The van der Waals surface area contributed by atoms with Crippen LogP contribution in [0.4, 0.5) is 0 Å². The molecule has 6 N–H and O–H groups in total. The van der Waals surface area contributed by atoms with Crippen LogP contribution in [0.25, 0.3) is 0 Å². The molecular formula is C15H16ClN3O5S. The molecule has 3 atom stereocenters. The van der Waals surface area contributed by atoms with Crippen molar-refractivity contribution < 1.29 is 25.0 Å². The first-order valence-electron chi connectivity index (χ1n) is 7.09. The lowest BCUT2D eigenvalue weighted by molar-refractivity contribution is -0.150. The van der Waals surface area contributed by atoms with Crippen LogP contribution in [0.5, 0.6) is 0 Å². The molecule has 2 aliphatic heterocycles. The number of carbonyl (C=O) groups is 3. The predicted molar refractivity (Wildman–Crippen MR) is 92.5 cm³/mol. The number of carboxylic acid groups (broad SMARTS) is 1. The van der Waals surface area contributed by atoms with Crippen LogP contribution in [0.15, 0.2) is 41.1 Å². The Morgan fingerprint density at radius 1 is 1.36 bits per heavy atom. The Morgan fingerprint density at radius 3 is 2.60 bits per heavy atom. The molecule has 10 heteroatoms. The zero-order chi connectivity index (χ0) is 17.4. The van der Waals surface area contributed by atoms with Gasteiger partial charge in [0.2, 0.25) is 5.91 Å². The monoisotopic (exact) mass is 385 g/mol. The van der Waals surface area contributed by atoms with E-state index in [0.717, 1.165) is 4.90 Å². The van der Waals surface area contributed by atoms with E-state index in [4.69, 9.17) is 17.3 Å². The molecule has 8 nitrogen and oxygen atoms in total. The van der Waals surface area contributed by atoms with Crippen LogP contribution in [0.3, 0.4) is 0 Å². The van der Waals surface area contributed by atoms with Crippen molar-refractivity contribution in [1.82, 2.24) is 10.2 Å². The normalized spacial score (nSPS) is 23.1. The number of β-lactam (4-membered cyclic amide) rings is 1. The number of rotatable bonds is 4. The van der Waals surface area contributed by atoms with Gasteiger partial charge in [-0.3, -0.25) is 14.5 Å². The van der Waals surface area contributed by atoms with Crippen molar-refractivity contribution in [2.24, 2.45) is 5.73 Å². The van der Waals surface area contributed by atoms with Gasteiger partial charge in [-0.2, -0.15) is 0 Å². The molecule has 0 bridgehead atoms. The number of nitrogens with zero attached hydrogens (tertiary/aromatic N) is 1. The molecule has 1 saturated heterocycles. The molecule has 1 aromatic carbocycles. The maximum absolute atomic E-state index is 12.3. The molecule has 3 rings (SSSR count). The highest BCUT2D eigenvalue weighted by Crippen LogP contribution is 2.41. The Morgan fingerprint density at radius 2 is 2.00 bits per heavy atom. The predicted octanol–water partition coefficient (Wildman–Crippen LogP) is -0.203. The quantitative estimate of drug-likeness (QED) is 0.612. The third-order valence-electron chi connectivity index (χ3n) is 3.86. The van der Waals surface area contributed by atoms with Gasteiger partial charge < -0.3 is 21.6 Å². The van der Waals surface area contributed by atoms with Crippen LogP contribution in [0.2, 0.25) is 0 Å². The Hall–Kier alpha value is -2.07. The minimum absolute atomic E-state index is 0. The van der Waals surface area contributed by atoms with E-state index in [1.54, 1.807) is 24.3 Å². The second-order valence-corrected chi connectivity index (χ2v) is 6.90. The van der Waals surface area contributed by atoms with E-state index in [1.165, 1.54) is 11.8 Å². The number of hydrogen-bond acceptors (Lipinski definition) is 5. The molecule has 2 unspecified atom stereocenters. The first kappa shape index (κ1) is 19.3. The fraction of sp³-hybridized carbons (Fsp3) is 0.267. The van der Waals surface area contributed by atoms with E-state index in [-0.39, 0.29) is 22.0 Å².